The number of nitrogens with one attached hydrogen (secondary N) is 3. The van der Waals surface area contributed by atoms with Crippen molar-refractivity contribution in [3.63, 3.8) is 0 Å². The lowest BCUT2D eigenvalue weighted by Crippen LogP contribution is -2.36. The molecule has 0 atom stereocenters. The predicted molar refractivity (Wildman–Crippen MR) is 136 cm³/mol. The van der Waals surface area contributed by atoms with Gasteiger partial charge in [0.1, 0.15) is 11.8 Å². The van der Waals surface area contributed by atoms with Crippen LogP contribution >= 0.6 is 15.9 Å². The number of nitrogens with zero attached hydrogens (tertiary/aromatic N) is 4. The summed E-state index contributed by atoms with van der Waals surface area (Å²) in [6.07, 6.45) is 8.12. The van der Waals surface area contributed by atoms with Crippen LogP contribution in [0.25, 0.3) is 0 Å². The summed E-state index contributed by atoms with van der Waals surface area (Å²) < 4.78 is 6.15. The number of carbonyl (C=O) groups excluding carboxylic acids is 1. The lowest BCUT2D eigenvalue weighted by molar-refractivity contribution is -0.384. The second kappa shape index (κ2) is 12.1. The van der Waals surface area contributed by atoms with Gasteiger partial charge in [-0.05, 0) is 85.9 Å². The van der Waals surface area contributed by atoms with E-state index >= 15 is 0 Å². The van der Waals surface area contributed by atoms with Crippen LogP contribution in [0.2, 0.25) is 0 Å². The number of halogens is 1. The van der Waals surface area contributed by atoms with Crippen LogP contribution in [-0.4, -0.2) is 44.7 Å². The molecular weight excluding hydrogens is 518 g/mol. The molecule has 1 fully saturated rings. The van der Waals surface area contributed by atoms with Crippen molar-refractivity contribution < 1.29 is 14.5 Å². The van der Waals surface area contributed by atoms with Crippen LogP contribution in [-0.2, 0) is 11.3 Å². The summed E-state index contributed by atoms with van der Waals surface area (Å²) in [7, 11) is 0. The van der Waals surface area contributed by atoms with Crippen LogP contribution in [0.5, 0.6) is 0 Å². The highest BCUT2D eigenvalue weighted by atomic mass is 79.9. The third kappa shape index (κ3) is 8.93. The molecule has 2 aromatic rings. The fourth-order valence-corrected chi connectivity index (χ4v) is 4.29. The third-order valence-electron chi connectivity index (χ3n) is 5.64. The Morgan fingerprint density at radius 3 is 2.46 bits per heavy atom. The minimum atomic E-state index is -0.512. The molecule has 190 valence electrons. The van der Waals surface area contributed by atoms with Gasteiger partial charge in [-0.2, -0.15) is 4.98 Å². The zero-order chi connectivity index (χ0) is 25.4. The monoisotopic (exact) mass is 549 g/mol. The van der Waals surface area contributed by atoms with E-state index in [1.165, 1.54) is 6.20 Å². The number of hydrogen-bond acceptors (Lipinski definition) is 9. The molecular formula is C23H32BrN7O4. The summed E-state index contributed by atoms with van der Waals surface area (Å²) in [6, 6.07) is 1.92. The van der Waals surface area contributed by atoms with E-state index in [2.05, 4.69) is 46.8 Å². The molecule has 11 nitrogen and oxygen atoms in total. The van der Waals surface area contributed by atoms with E-state index in [1.807, 2.05) is 26.8 Å². The number of hydrogen-bond donors (Lipinski definition) is 3. The molecule has 0 bridgehead atoms. The first-order valence-corrected chi connectivity index (χ1v) is 12.4. The van der Waals surface area contributed by atoms with E-state index in [-0.39, 0.29) is 11.5 Å². The van der Waals surface area contributed by atoms with Gasteiger partial charge in [-0.15, -0.1) is 0 Å². The number of carbonyl (C=O) groups is 1. The van der Waals surface area contributed by atoms with E-state index in [1.54, 1.807) is 12.4 Å². The van der Waals surface area contributed by atoms with Gasteiger partial charge in [0.2, 0.25) is 11.8 Å². The minimum Gasteiger partial charge on any atom is -0.444 e. The first kappa shape index (κ1) is 26.6. The van der Waals surface area contributed by atoms with Gasteiger partial charge in [0.05, 0.1) is 4.92 Å². The van der Waals surface area contributed by atoms with Gasteiger partial charge in [0.25, 0.3) is 0 Å². The first-order chi connectivity index (χ1) is 16.6. The normalized spacial score (nSPS) is 17.9. The molecule has 0 aromatic carbocycles. The van der Waals surface area contributed by atoms with Crippen LogP contribution in [0.15, 0.2) is 29.1 Å². The average Bonchev–Trinajstić information content (AvgIpc) is 2.79. The van der Waals surface area contributed by atoms with Gasteiger partial charge >= 0.3 is 11.8 Å². The second-order valence-corrected chi connectivity index (χ2v) is 10.6. The van der Waals surface area contributed by atoms with E-state index in [0.717, 1.165) is 35.7 Å². The number of anilines is 2. The van der Waals surface area contributed by atoms with E-state index < -0.39 is 16.6 Å². The van der Waals surface area contributed by atoms with Gasteiger partial charge in [0, 0.05) is 36.5 Å². The highest BCUT2D eigenvalue weighted by Crippen LogP contribution is 2.30. The smallest absolute Gasteiger partial charge is 0.407 e. The van der Waals surface area contributed by atoms with Crippen LogP contribution in [0.4, 0.5) is 22.2 Å². The van der Waals surface area contributed by atoms with Crippen LogP contribution in [0.3, 0.4) is 0 Å². The molecule has 12 heteroatoms. The Kier molecular flexibility index (Phi) is 9.19. The number of alkyl carbamates (subject to hydrolysis) is 1. The van der Waals surface area contributed by atoms with E-state index in [9.17, 15) is 14.9 Å². The molecule has 1 aliphatic rings. The average molecular weight is 550 g/mol. The standard InChI is InChI=1S/C23H32BrN7O4/c1-23(2,3)35-22(32)29-11-16-6-4-15(5-7-16)10-26-20-19(31(33)34)14-28-21(30-20)27-12-17-8-18(24)13-25-9-17/h8-9,13-16H,4-7,10-12H2,1-3H3,(H,29,32)(H2,26,27,28,30). The zero-order valence-corrected chi connectivity index (χ0v) is 21.8. The SMILES string of the molecule is CC(C)(C)OC(=O)NCC1CCC(CNc2nc(NCc3cncc(Br)c3)ncc2[N+](=O)[O-])CC1. The Hall–Kier alpha value is -3.02. The van der Waals surface area contributed by atoms with Gasteiger partial charge in [-0.25, -0.2) is 9.78 Å². The molecule has 2 aromatic heterocycles. The van der Waals surface area contributed by atoms with Crippen molar-refractivity contribution in [2.45, 2.75) is 58.6 Å². The number of aromatic nitrogens is 3. The number of rotatable bonds is 9. The first-order valence-electron chi connectivity index (χ1n) is 11.6. The highest BCUT2D eigenvalue weighted by Gasteiger charge is 2.24. The van der Waals surface area contributed by atoms with Crippen molar-refractivity contribution in [3.05, 3.63) is 44.8 Å². The minimum absolute atomic E-state index is 0.157. The number of ether oxygens (including phenoxy) is 1. The molecule has 0 radical (unpaired) electrons. The molecule has 35 heavy (non-hydrogen) atoms. The van der Waals surface area contributed by atoms with Crippen molar-refractivity contribution in [1.29, 1.82) is 0 Å². The Morgan fingerprint density at radius 1 is 1.14 bits per heavy atom. The molecule has 0 saturated heterocycles. The van der Waals surface area contributed by atoms with Crippen molar-refractivity contribution in [2.24, 2.45) is 11.8 Å². The summed E-state index contributed by atoms with van der Waals surface area (Å²) >= 11 is 3.38. The third-order valence-corrected chi connectivity index (χ3v) is 6.07. The molecule has 3 rings (SSSR count). The Labute approximate surface area is 213 Å². The van der Waals surface area contributed by atoms with Gasteiger partial charge < -0.3 is 20.7 Å². The topological polar surface area (TPSA) is 144 Å². The van der Waals surface area contributed by atoms with Crippen LogP contribution in [0.1, 0.15) is 52.0 Å². The summed E-state index contributed by atoms with van der Waals surface area (Å²) in [5, 5.41) is 20.6. The van der Waals surface area contributed by atoms with E-state index in [0.29, 0.717) is 37.4 Å². The molecule has 0 unspecified atom stereocenters. The Bertz CT molecular complexity index is 1020. The molecule has 1 saturated carbocycles. The fraction of sp³-hybridized carbons (Fsp3) is 0.565. The molecule has 2 heterocycles. The van der Waals surface area contributed by atoms with Gasteiger partial charge in [-0.1, -0.05) is 0 Å². The molecule has 1 amide bonds. The van der Waals surface area contributed by atoms with Crippen LogP contribution < -0.4 is 16.0 Å². The maximum Gasteiger partial charge on any atom is 0.407 e. The van der Waals surface area contributed by atoms with Crippen molar-refractivity contribution in [2.75, 3.05) is 23.7 Å². The number of pyridine rings is 1. The molecule has 0 aliphatic heterocycles. The summed E-state index contributed by atoms with van der Waals surface area (Å²) in [6.45, 7) is 7.13. The lowest BCUT2D eigenvalue weighted by atomic mass is 9.82. The molecule has 3 N–H and O–H groups in total. The largest absolute Gasteiger partial charge is 0.444 e. The molecule has 1 aliphatic carbocycles. The summed E-state index contributed by atoms with van der Waals surface area (Å²) in [5.74, 6) is 1.27. The van der Waals surface area contributed by atoms with E-state index in [4.69, 9.17) is 4.74 Å². The van der Waals surface area contributed by atoms with Crippen molar-refractivity contribution >= 4 is 39.5 Å². The maximum absolute atomic E-state index is 11.9. The summed E-state index contributed by atoms with van der Waals surface area (Å²) in [5.41, 5.74) is 0.256. The summed E-state index contributed by atoms with van der Waals surface area (Å²) in [4.78, 5) is 35.4. The maximum atomic E-state index is 11.9. The second-order valence-electron chi connectivity index (χ2n) is 9.70. The van der Waals surface area contributed by atoms with Crippen molar-refractivity contribution in [1.82, 2.24) is 20.3 Å². The number of amides is 1. The lowest BCUT2D eigenvalue weighted by Gasteiger charge is -2.29. The fourth-order valence-electron chi connectivity index (χ4n) is 3.88. The Morgan fingerprint density at radius 2 is 1.83 bits per heavy atom. The predicted octanol–water partition coefficient (Wildman–Crippen LogP) is 4.90. The molecule has 0 spiro atoms. The van der Waals surface area contributed by atoms with Crippen LogP contribution in [0, 0.1) is 22.0 Å². The van der Waals surface area contributed by atoms with Crippen molar-refractivity contribution in [3.8, 4) is 0 Å². The Balaban J connectivity index is 1.49. The quantitative estimate of drug-likeness (QED) is 0.293. The van der Waals surface area contributed by atoms with Gasteiger partial charge in [0.15, 0.2) is 0 Å². The number of nitro groups is 1. The zero-order valence-electron chi connectivity index (χ0n) is 20.2. The highest BCUT2D eigenvalue weighted by molar-refractivity contribution is 9.10. The van der Waals surface area contributed by atoms with Gasteiger partial charge in [-0.3, -0.25) is 15.1 Å².